The summed E-state index contributed by atoms with van der Waals surface area (Å²) in [4.78, 5) is 33.2. The topological polar surface area (TPSA) is 151 Å². The Morgan fingerprint density at radius 1 is 0.875 bits per heavy atom. The van der Waals surface area contributed by atoms with Crippen molar-refractivity contribution in [1.82, 2.24) is 0 Å². The quantitative estimate of drug-likeness (QED) is 0.532. The number of nitrogens with one attached hydrogen (secondary N) is 2. The zero-order chi connectivity index (χ0) is 23.1. The second-order valence-corrected chi connectivity index (χ2v) is 7.64. The number of carbonyl (C=O) groups excluding carboxylic acids is 3. The molecule has 0 atom stereocenters. The zero-order valence-electron chi connectivity index (χ0n) is 17.1. The van der Waals surface area contributed by atoms with Gasteiger partial charge in [0.25, 0.3) is 0 Å². The minimum atomic E-state index is -1.39. The second kappa shape index (κ2) is 9.86. The fourth-order valence-electron chi connectivity index (χ4n) is 3.69. The number of rotatable bonds is 8. The molecule has 32 heavy (non-hydrogen) atoms. The molecular weight excluding hydrogens is 416 g/mol. The van der Waals surface area contributed by atoms with Gasteiger partial charge in [0.05, 0.1) is 6.08 Å². The van der Waals surface area contributed by atoms with Gasteiger partial charge in [-0.05, 0) is 61.1 Å². The molecule has 3 rings (SSSR count). The molecular formula is C23H22N2O7-2. The first kappa shape index (κ1) is 22.7. The van der Waals surface area contributed by atoms with E-state index in [0.717, 1.165) is 17.2 Å². The maximum atomic E-state index is 12.0. The van der Waals surface area contributed by atoms with E-state index in [-0.39, 0.29) is 12.2 Å². The molecule has 0 spiro atoms. The average Bonchev–Trinajstić information content (AvgIpc) is 2.71. The van der Waals surface area contributed by atoms with Crippen LogP contribution in [0.25, 0.3) is 0 Å². The summed E-state index contributed by atoms with van der Waals surface area (Å²) in [7, 11) is 0. The van der Waals surface area contributed by atoms with Crippen molar-refractivity contribution < 1.29 is 34.4 Å². The van der Waals surface area contributed by atoms with E-state index in [1.54, 1.807) is 48.5 Å². The van der Waals surface area contributed by atoms with Crippen molar-refractivity contribution in [1.29, 1.82) is 0 Å². The molecule has 2 aromatic rings. The Kier molecular flexibility index (Phi) is 6.99. The molecule has 1 aliphatic heterocycles. The zero-order valence-corrected chi connectivity index (χ0v) is 17.1. The van der Waals surface area contributed by atoms with Gasteiger partial charge in [-0.2, -0.15) is 0 Å². The van der Waals surface area contributed by atoms with E-state index in [1.165, 1.54) is 0 Å². The number of cyclic esters (lactones) is 1. The van der Waals surface area contributed by atoms with Gasteiger partial charge in [-0.1, -0.05) is 24.3 Å². The Labute approximate surface area is 184 Å². The molecule has 0 fully saturated rings. The maximum absolute atomic E-state index is 12.0. The molecule has 168 valence electrons. The van der Waals surface area contributed by atoms with E-state index in [0.29, 0.717) is 37.1 Å². The number of hydrogen-bond donors (Lipinski definition) is 3. The monoisotopic (exact) mass is 438 g/mol. The third-order valence-electron chi connectivity index (χ3n) is 5.24. The Bertz CT molecular complexity index is 950. The van der Waals surface area contributed by atoms with Crippen LogP contribution in [0.2, 0.25) is 0 Å². The molecule has 0 unspecified atom stereocenters. The number of anilines is 2. The smallest absolute Gasteiger partial charge is 0.334 e. The van der Waals surface area contributed by atoms with Gasteiger partial charge >= 0.3 is 5.97 Å². The number of esters is 1. The Morgan fingerprint density at radius 3 is 1.69 bits per heavy atom. The van der Waals surface area contributed by atoms with Gasteiger partial charge < -0.3 is 40.3 Å². The second-order valence-electron chi connectivity index (χ2n) is 7.64. The molecule has 0 aromatic heterocycles. The molecule has 1 aliphatic rings. The molecule has 0 saturated carbocycles. The number of ether oxygens (including phenoxy) is 1. The predicted octanol–water partition coefficient (Wildman–Crippen LogP) is 1.89. The minimum Gasteiger partial charge on any atom is -0.530 e. The van der Waals surface area contributed by atoms with Crippen LogP contribution >= 0.6 is 0 Å². The fraction of sp³-hybridized carbons (Fsp3) is 0.261. The molecule has 2 aromatic carbocycles. The molecule has 0 saturated heterocycles. The van der Waals surface area contributed by atoms with Crippen LogP contribution in [0.1, 0.15) is 30.4 Å². The van der Waals surface area contributed by atoms with E-state index in [4.69, 9.17) is 4.74 Å². The normalized spacial score (nSPS) is 14.8. The third-order valence-corrected chi connectivity index (χ3v) is 5.24. The summed E-state index contributed by atoms with van der Waals surface area (Å²) in [6.07, 6.45) is 0.462. The van der Waals surface area contributed by atoms with Crippen molar-refractivity contribution in [3.8, 4) is 0 Å². The summed E-state index contributed by atoms with van der Waals surface area (Å²) in [6, 6.07) is 13.5. The minimum absolute atomic E-state index is 0.0386. The first-order valence-electron chi connectivity index (χ1n) is 9.99. The van der Waals surface area contributed by atoms with Crippen LogP contribution in [0.4, 0.5) is 21.0 Å². The number of amides is 2. The molecule has 9 nitrogen and oxygen atoms in total. The highest BCUT2D eigenvalue weighted by Crippen LogP contribution is 2.34. The number of hydrogen-bond acceptors (Lipinski definition) is 7. The standard InChI is InChI=1S/C23H24N2O7/c26-19-13-20(27)32-23(14-19,11-9-15-1-5-17(6-2-15)24-21(28)29)12-10-16-3-7-18(8-4-16)25-22(30)31/h1-8,13,24-26H,9-12,14H2,(H,28,29)(H,30,31)/p-2. The largest absolute Gasteiger partial charge is 0.530 e. The first-order chi connectivity index (χ1) is 15.2. The van der Waals surface area contributed by atoms with Gasteiger partial charge in [-0.25, -0.2) is 4.79 Å². The number of carbonyl (C=O) groups is 3. The molecule has 3 N–H and O–H groups in total. The number of carboxylic acid groups (broad SMARTS) is 2. The molecule has 0 bridgehead atoms. The SMILES string of the molecule is O=C([O-])Nc1ccc(CCC2(CCc3ccc(NC(=O)[O-])cc3)CC(O)=CC(=O)O2)cc1. The lowest BCUT2D eigenvalue weighted by Crippen LogP contribution is -2.39. The molecule has 0 aliphatic carbocycles. The van der Waals surface area contributed by atoms with E-state index in [1.807, 2.05) is 0 Å². The van der Waals surface area contributed by atoms with E-state index in [2.05, 4.69) is 10.6 Å². The lowest BCUT2D eigenvalue weighted by Gasteiger charge is -2.36. The van der Waals surface area contributed by atoms with Crippen LogP contribution in [0.5, 0.6) is 0 Å². The van der Waals surface area contributed by atoms with Crippen molar-refractivity contribution in [3.05, 3.63) is 71.5 Å². The first-order valence-corrected chi connectivity index (χ1v) is 9.99. The summed E-state index contributed by atoms with van der Waals surface area (Å²) in [5.74, 6) is -0.640. The van der Waals surface area contributed by atoms with E-state index in [9.17, 15) is 29.7 Å². The van der Waals surface area contributed by atoms with Crippen LogP contribution in [-0.4, -0.2) is 28.9 Å². The summed E-state index contributed by atoms with van der Waals surface area (Å²) < 4.78 is 5.67. The van der Waals surface area contributed by atoms with Gasteiger partial charge in [-0.15, -0.1) is 0 Å². The van der Waals surface area contributed by atoms with Gasteiger partial charge in [0.2, 0.25) is 0 Å². The van der Waals surface area contributed by atoms with Crippen LogP contribution in [0.3, 0.4) is 0 Å². The summed E-state index contributed by atoms with van der Waals surface area (Å²) in [6.45, 7) is 0. The third kappa shape index (κ3) is 6.49. The summed E-state index contributed by atoms with van der Waals surface area (Å²) in [5.41, 5.74) is 1.71. The Balaban J connectivity index is 1.68. The summed E-state index contributed by atoms with van der Waals surface area (Å²) >= 11 is 0. The van der Waals surface area contributed by atoms with Crippen LogP contribution in [-0.2, 0) is 22.4 Å². The molecule has 9 heteroatoms. The van der Waals surface area contributed by atoms with Crippen LogP contribution in [0, 0.1) is 0 Å². The molecule has 2 amide bonds. The Hall–Kier alpha value is -4.01. The highest BCUT2D eigenvalue weighted by molar-refractivity contribution is 5.84. The van der Waals surface area contributed by atoms with Crippen LogP contribution < -0.4 is 20.8 Å². The highest BCUT2D eigenvalue weighted by Gasteiger charge is 2.37. The van der Waals surface area contributed by atoms with E-state index < -0.39 is 23.8 Å². The number of benzene rings is 2. The number of aliphatic hydroxyl groups excluding tert-OH is 1. The lowest BCUT2D eigenvalue weighted by atomic mass is 9.84. The van der Waals surface area contributed by atoms with Crippen molar-refractivity contribution >= 4 is 29.5 Å². The highest BCUT2D eigenvalue weighted by atomic mass is 16.6. The fourth-order valence-corrected chi connectivity index (χ4v) is 3.69. The van der Waals surface area contributed by atoms with Crippen molar-refractivity contribution in [3.63, 3.8) is 0 Å². The Morgan fingerprint density at radius 2 is 1.31 bits per heavy atom. The van der Waals surface area contributed by atoms with Gasteiger partial charge in [0.1, 0.15) is 23.5 Å². The summed E-state index contributed by atoms with van der Waals surface area (Å²) in [5, 5.41) is 35.6. The van der Waals surface area contributed by atoms with Gasteiger partial charge in [0, 0.05) is 17.8 Å². The number of aryl methyl sites for hydroxylation is 2. The van der Waals surface area contributed by atoms with Crippen molar-refractivity contribution in [2.45, 2.75) is 37.7 Å². The van der Waals surface area contributed by atoms with Crippen molar-refractivity contribution in [2.75, 3.05) is 10.6 Å². The maximum Gasteiger partial charge on any atom is 0.334 e. The van der Waals surface area contributed by atoms with Gasteiger partial charge in [-0.3, -0.25) is 0 Å². The molecule has 1 heterocycles. The lowest BCUT2D eigenvalue weighted by molar-refractivity contribution is -0.243. The van der Waals surface area contributed by atoms with Crippen molar-refractivity contribution in [2.24, 2.45) is 0 Å². The van der Waals surface area contributed by atoms with E-state index >= 15 is 0 Å². The predicted molar refractivity (Wildman–Crippen MR) is 112 cm³/mol. The van der Waals surface area contributed by atoms with Gasteiger partial charge in [0.15, 0.2) is 0 Å². The molecule has 0 radical (unpaired) electrons. The van der Waals surface area contributed by atoms with Crippen LogP contribution in [0.15, 0.2) is 60.4 Å². The average molecular weight is 438 g/mol. The number of aliphatic hydroxyl groups is 1.